The van der Waals surface area contributed by atoms with Gasteiger partial charge in [0.05, 0.1) is 18.6 Å². The van der Waals surface area contributed by atoms with E-state index in [4.69, 9.17) is 4.74 Å². The maximum atomic E-state index is 12.3. The van der Waals surface area contributed by atoms with Gasteiger partial charge < -0.3 is 10.1 Å². The van der Waals surface area contributed by atoms with Gasteiger partial charge in [0, 0.05) is 11.0 Å². The molecule has 0 unspecified atom stereocenters. The van der Waals surface area contributed by atoms with Crippen molar-refractivity contribution in [3.05, 3.63) is 46.5 Å². The van der Waals surface area contributed by atoms with Crippen LogP contribution in [0.1, 0.15) is 25.3 Å². The molecule has 2 rings (SSSR count). The molecule has 1 aliphatic carbocycles. The Labute approximate surface area is 128 Å². The van der Waals surface area contributed by atoms with Gasteiger partial charge in [-0.1, -0.05) is 40.2 Å². The van der Waals surface area contributed by atoms with Crippen LogP contribution in [0.25, 0.3) is 0 Å². The Morgan fingerprint density at radius 3 is 2.60 bits per heavy atom. The normalized spacial score (nSPS) is 15.7. The Balaban J connectivity index is 1.83. The van der Waals surface area contributed by atoms with E-state index in [2.05, 4.69) is 27.8 Å². The molecule has 0 aliphatic heterocycles. The lowest BCUT2D eigenvalue weighted by molar-refractivity contribution is -0.123. The third-order valence-corrected chi connectivity index (χ3v) is 3.99. The number of hydrogen-bond donors (Lipinski definition) is 1. The van der Waals surface area contributed by atoms with Crippen molar-refractivity contribution in [1.29, 1.82) is 0 Å². The first-order valence-corrected chi connectivity index (χ1v) is 7.60. The first kappa shape index (κ1) is 15.3. The van der Waals surface area contributed by atoms with Crippen LogP contribution in [-0.2, 0) is 14.9 Å². The highest BCUT2D eigenvalue weighted by atomic mass is 79.9. The summed E-state index contributed by atoms with van der Waals surface area (Å²) in [5.74, 6) is 0.110. The number of carbonyl (C=O) groups is 1. The van der Waals surface area contributed by atoms with Crippen molar-refractivity contribution in [3.8, 4) is 0 Å². The highest BCUT2D eigenvalue weighted by Gasteiger charge is 2.50. The average molecular weight is 338 g/mol. The molecular weight excluding hydrogens is 318 g/mol. The second kappa shape index (κ2) is 6.55. The second-order valence-electron chi connectivity index (χ2n) is 5.35. The molecule has 0 spiro atoms. The van der Waals surface area contributed by atoms with Gasteiger partial charge in [-0.2, -0.15) is 0 Å². The molecule has 0 saturated heterocycles. The fraction of sp³-hybridized carbons (Fsp3) is 0.438. The molecule has 0 atom stereocenters. The molecule has 1 aromatic rings. The molecule has 108 valence electrons. The highest BCUT2D eigenvalue weighted by molar-refractivity contribution is 9.10. The smallest absolute Gasteiger partial charge is 0.230 e. The van der Waals surface area contributed by atoms with Gasteiger partial charge in [0.2, 0.25) is 5.91 Å². The molecular formula is C16H20BrNO2. The van der Waals surface area contributed by atoms with Crippen molar-refractivity contribution in [2.24, 2.45) is 0 Å². The van der Waals surface area contributed by atoms with Crippen LogP contribution in [0, 0.1) is 0 Å². The number of carbonyl (C=O) groups excluding carboxylic acids is 1. The molecule has 4 heteroatoms. The molecule has 1 amide bonds. The van der Waals surface area contributed by atoms with Crippen LogP contribution in [-0.4, -0.2) is 25.7 Å². The Morgan fingerprint density at radius 2 is 2.05 bits per heavy atom. The van der Waals surface area contributed by atoms with Gasteiger partial charge >= 0.3 is 0 Å². The summed E-state index contributed by atoms with van der Waals surface area (Å²) in [6.07, 6.45) is 1.85. The van der Waals surface area contributed by atoms with Gasteiger partial charge in [0.15, 0.2) is 0 Å². The SMILES string of the molecule is C=C(C)COCCNC(=O)C1(c2ccc(Br)cc2)CC1. The molecule has 0 aromatic heterocycles. The minimum atomic E-state index is -0.310. The van der Waals surface area contributed by atoms with Crippen molar-refractivity contribution in [2.45, 2.75) is 25.2 Å². The lowest BCUT2D eigenvalue weighted by Crippen LogP contribution is -2.36. The molecule has 1 fully saturated rings. The van der Waals surface area contributed by atoms with E-state index < -0.39 is 0 Å². The highest BCUT2D eigenvalue weighted by Crippen LogP contribution is 2.48. The Hall–Kier alpha value is -1.13. The third-order valence-electron chi connectivity index (χ3n) is 3.46. The van der Waals surface area contributed by atoms with Gasteiger partial charge in [-0.3, -0.25) is 4.79 Å². The fourth-order valence-corrected chi connectivity index (χ4v) is 2.46. The van der Waals surface area contributed by atoms with Crippen LogP contribution in [0.15, 0.2) is 40.9 Å². The minimum Gasteiger partial charge on any atom is -0.375 e. The molecule has 20 heavy (non-hydrogen) atoms. The van der Waals surface area contributed by atoms with Gasteiger partial charge in [0.25, 0.3) is 0 Å². The summed E-state index contributed by atoms with van der Waals surface area (Å²) in [7, 11) is 0. The summed E-state index contributed by atoms with van der Waals surface area (Å²) >= 11 is 3.42. The van der Waals surface area contributed by atoms with Crippen molar-refractivity contribution >= 4 is 21.8 Å². The van der Waals surface area contributed by atoms with Gasteiger partial charge in [0.1, 0.15) is 0 Å². The summed E-state index contributed by atoms with van der Waals surface area (Å²) < 4.78 is 6.41. The monoisotopic (exact) mass is 337 g/mol. The molecule has 0 radical (unpaired) electrons. The number of hydrogen-bond acceptors (Lipinski definition) is 2. The lowest BCUT2D eigenvalue weighted by atomic mass is 9.95. The third kappa shape index (κ3) is 3.70. The maximum absolute atomic E-state index is 12.3. The largest absolute Gasteiger partial charge is 0.375 e. The zero-order valence-electron chi connectivity index (χ0n) is 11.7. The van der Waals surface area contributed by atoms with Crippen LogP contribution in [0.3, 0.4) is 0 Å². The number of nitrogens with one attached hydrogen (secondary N) is 1. The first-order valence-electron chi connectivity index (χ1n) is 6.81. The van der Waals surface area contributed by atoms with E-state index in [1.54, 1.807) is 0 Å². The Morgan fingerprint density at radius 1 is 1.40 bits per heavy atom. The standard InChI is InChI=1S/C16H20BrNO2/c1-12(2)11-20-10-9-18-15(19)16(7-8-16)13-3-5-14(17)6-4-13/h3-6H,1,7-11H2,2H3,(H,18,19). The summed E-state index contributed by atoms with van der Waals surface area (Å²) in [5.41, 5.74) is 1.78. The van der Waals surface area contributed by atoms with Crippen LogP contribution in [0.4, 0.5) is 0 Å². The predicted molar refractivity (Wildman–Crippen MR) is 83.7 cm³/mol. The van der Waals surface area contributed by atoms with E-state index in [0.717, 1.165) is 28.5 Å². The molecule has 0 heterocycles. The number of ether oxygens (including phenoxy) is 1. The maximum Gasteiger partial charge on any atom is 0.230 e. The molecule has 3 nitrogen and oxygen atoms in total. The molecule has 0 bridgehead atoms. The number of rotatable bonds is 7. The molecule has 1 N–H and O–H groups in total. The Kier molecular flexibility index (Phi) is 5.00. The predicted octanol–water partition coefficient (Wildman–Crippen LogP) is 3.19. The lowest BCUT2D eigenvalue weighted by Gasteiger charge is -2.16. The number of benzene rings is 1. The van der Waals surface area contributed by atoms with E-state index in [-0.39, 0.29) is 11.3 Å². The molecule has 1 aliphatic rings. The zero-order valence-corrected chi connectivity index (χ0v) is 13.3. The Bertz CT molecular complexity index is 492. The van der Waals surface area contributed by atoms with E-state index in [9.17, 15) is 4.79 Å². The first-order chi connectivity index (χ1) is 9.54. The second-order valence-corrected chi connectivity index (χ2v) is 6.27. The van der Waals surface area contributed by atoms with Crippen molar-refractivity contribution in [1.82, 2.24) is 5.32 Å². The number of halogens is 1. The average Bonchev–Trinajstić information content (AvgIpc) is 3.20. The van der Waals surface area contributed by atoms with E-state index >= 15 is 0 Å². The van der Waals surface area contributed by atoms with Crippen LogP contribution >= 0.6 is 15.9 Å². The van der Waals surface area contributed by atoms with E-state index in [0.29, 0.717) is 19.8 Å². The topological polar surface area (TPSA) is 38.3 Å². The number of amides is 1. The molecule has 1 saturated carbocycles. The summed E-state index contributed by atoms with van der Waals surface area (Å²) in [4.78, 5) is 12.3. The van der Waals surface area contributed by atoms with Gasteiger partial charge in [-0.05, 0) is 37.5 Å². The van der Waals surface area contributed by atoms with Crippen molar-refractivity contribution in [2.75, 3.05) is 19.8 Å². The van der Waals surface area contributed by atoms with Crippen LogP contribution in [0.5, 0.6) is 0 Å². The van der Waals surface area contributed by atoms with Crippen LogP contribution in [0.2, 0.25) is 0 Å². The van der Waals surface area contributed by atoms with E-state index in [1.165, 1.54) is 0 Å². The van der Waals surface area contributed by atoms with Gasteiger partial charge in [-0.25, -0.2) is 0 Å². The quantitative estimate of drug-likeness (QED) is 0.613. The zero-order chi connectivity index (χ0) is 14.6. The van der Waals surface area contributed by atoms with E-state index in [1.807, 2.05) is 31.2 Å². The summed E-state index contributed by atoms with van der Waals surface area (Å²) in [6.45, 7) is 7.31. The summed E-state index contributed by atoms with van der Waals surface area (Å²) in [5, 5.41) is 2.97. The molecule has 1 aromatic carbocycles. The van der Waals surface area contributed by atoms with Crippen LogP contribution < -0.4 is 5.32 Å². The minimum absolute atomic E-state index is 0.110. The summed E-state index contributed by atoms with van der Waals surface area (Å²) in [6, 6.07) is 8.01. The fourth-order valence-electron chi connectivity index (χ4n) is 2.19. The van der Waals surface area contributed by atoms with Crippen molar-refractivity contribution in [3.63, 3.8) is 0 Å². The van der Waals surface area contributed by atoms with Gasteiger partial charge in [-0.15, -0.1) is 0 Å². The van der Waals surface area contributed by atoms with Crippen molar-refractivity contribution < 1.29 is 9.53 Å².